The lowest BCUT2D eigenvalue weighted by molar-refractivity contribution is -0.384. The van der Waals surface area contributed by atoms with Crippen LogP contribution in [0, 0.1) is 17.0 Å². The van der Waals surface area contributed by atoms with Gasteiger partial charge in [-0.3, -0.25) is 20.1 Å². The average molecular weight is 327 g/mol. The standard InChI is InChI=1S/C16H17N5O3/c1-11-4-2-5-12(18-11)14-6-3-9-20(14)16(22)19-13-7-8-17-10-15(13)21(23)24/h2,4-5,7-8,10,14H,3,6,9H2,1H3,(H,17,19,22)/t14-/m0/s1. The Morgan fingerprint density at radius 3 is 3.00 bits per heavy atom. The van der Waals surface area contributed by atoms with Crippen LogP contribution < -0.4 is 5.32 Å². The van der Waals surface area contributed by atoms with Crippen LogP contribution in [-0.4, -0.2) is 32.4 Å². The molecule has 1 aliphatic rings. The number of carbonyl (C=O) groups is 1. The molecule has 8 heteroatoms. The number of amides is 2. The van der Waals surface area contributed by atoms with Gasteiger partial charge in [-0.25, -0.2) is 4.79 Å². The monoisotopic (exact) mass is 327 g/mol. The van der Waals surface area contributed by atoms with Crippen molar-refractivity contribution in [2.75, 3.05) is 11.9 Å². The fourth-order valence-corrected chi connectivity index (χ4v) is 2.89. The number of anilines is 1. The Morgan fingerprint density at radius 1 is 1.42 bits per heavy atom. The van der Waals surface area contributed by atoms with Crippen molar-refractivity contribution in [2.45, 2.75) is 25.8 Å². The summed E-state index contributed by atoms with van der Waals surface area (Å²) in [6, 6.07) is 6.66. The minimum absolute atomic E-state index is 0.120. The van der Waals surface area contributed by atoms with Crippen molar-refractivity contribution in [3.63, 3.8) is 0 Å². The first-order valence-corrected chi connectivity index (χ1v) is 7.66. The normalized spacial score (nSPS) is 16.9. The Kier molecular flexibility index (Phi) is 4.37. The molecule has 1 saturated heterocycles. The highest BCUT2D eigenvalue weighted by atomic mass is 16.6. The van der Waals surface area contributed by atoms with Gasteiger partial charge in [0.1, 0.15) is 11.9 Å². The zero-order valence-corrected chi connectivity index (χ0v) is 13.2. The number of rotatable bonds is 3. The first kappa shape index (κ1) is 15.9. The number of carbonyl (C=O) groups excluding carboxylic acids is 1. The Bertz CT molecular complexity index is 780. The van der Waals surface area contributed by atoms with E-state index in [1.54, 1.807) is 4.90 Å². The molecule has 8 nitrogen and oxygen atoms in total. The van der Waals surface area contributed by atoms with Gasteiger partial charge in [0.2, 0.25) is 0 Å². The quantitative estimate of drug-likeness (QED) is 0.689. The summed E-state index contributed by atoms with van der Waals surface area (Å²) >= 11 is 0. The highest BCUT2D eigenvalue weighted by molar-refractivity contribution is 5.92. The maximum absolute atomic E-state index is 12.6. The van der Waals surface area contributed by atoms with E-state index in [1.807, 2.05) is 25.1 Å². The van der Waals surface area contributed by atoms with Gasteiger partial charge in [-0.2, -0.15) is 0 Å². The molecule has 1 N–H and O–H groups in total. The highest BCUT2D eigenvalue weighted by Gasteiger charge is 2.31. The number of hydrogen-bond acceptors (Lipinski definition) is 5. The van der Waals surface area contributed by atoms with Crippen LogP contribution in [0.2, 0.25) is 0 Å². The van der Waals surface area contributed by atoms with Gasteiger partial charge < -0.3 is 10.2 Å². The SMILES string of the molecule is Cc1cccc([C@@H]2CCCN2C(=O)Nc2ccncc2[N+](=O)[O-])n1. The number of hydrogen-bond donors (Lipinski definition) is 1. The molecule has 0 aliphatic carbocycles. The molecule has 0 unspecified atom stereocenters. The molecule has 2 aromatic rings. The molecule has 124 valence electrons. The summed E-state index contributed by atoms with van der Waals surface area (Å²) in [6.07, 6.45) is 4.22. The zero-order chi connectivity index (χ0) is 17.1. The first-order chi connectivity index (χ1) is 11.6. The second-order valence-corrected chi connectivity index (χ2v) is 5.64. The minimum atomic E-state index is -0.563. The maximum atomic E-state index is 12.6. The molecule has 1 aliphatic heterocycles. The summed E-state index contributed by atoms with van der Waals surface area (Å²) in [6.45, 7) is 2.49. The van der Waals surface area contributed by atoms with Gasteiger partial charge in [-0.1, -0.05) is 6.07 Å². The van der Waals surface area contributed by atoms with E-state index in [1.165, 1.54) is 12.3 Å². The summed E-state index contributed by atoms with van der Waals surface area (Å²) in [4.78, 5) is 33.0. The van der Waals surface area contributed by atoms with Gasteiger partial charge in [0.05, 0.1) is 16.7 Å². The van der Waals surface area contributed by atoms with E-state index in [0.717, 1.165) is 30.4 Å². The van der Waals surface area contributed by atoms with Crippen LogP contribution in [0.5, 0.6) is 0 Å². The molecule has 3 rings (SSSR count). The summed E-state index contributed by atoms with van der Waals surface area (Å²) in [5.41, 5.74) is 1.65. The number of aryl methyl sites for hydroxylation is 1. The van der Waals surface area contributed by atoms with E-state index >= 15 is 0 Å². The van der Waals surface area contributed by atoms with E-state index in [9.17, 15) is 14.9 Å². The van der Waals surface area contributed by atoms with Gasteiger partial charge in [-0.05, 0) is 38.0 Å². The Balaban J connectivity index is 1.81. The van der Waals surface area contributed by atoms with Crippen molar-refractivity contribution < 1.29 is 9.72 Å². The highest BCUT2D eigenvalue weighted by Crippen LogP contribution is 2.32. The van der Waals surface area contributed by atoms with Gasteiger partial charge in [0.25, 0.3) is 0 Å². The third kappa shape index (κ3) is 3.17. The lowest BCUT2D eigenvalue weighted by atomic mass is 10.1. The van der Waals surface area contributed by atoms with Gasteiger partial charge in [0.15, 0.2) is 0 Å². The number of pyridine rings is 2. The topological polar surface area (TPSA) is 101 Å². The first-order valence-electron chi connectivity index (χ1n) is 7.66. The molecular weight excluding hydrogens is 310 g/mol. The Hall–Kier alpha value is -3.03. The molecule has 0 saturated carbocycles. The summed E-state index contributed by atoms with van der Waals surface area (Å²) in [5, 5.41) is 13.7. The van der Waals surface area contributed by atoms with Crippen LogP contribution in [0.15, 0.2) is 36.7 Å². The Labute approximate surface area is 138 Å². The largest absolute Gasteiger partial charge is 0.322 e. The minimum Gasteiger partial charge on any atom is -0.316 e. The van der Waals surface area contributed by atoms with Crippen molar-refractivity contribution in [1.82, 2.24) is 14.9 Å². The number of nitrogens with zero attached hydrogens (tertiary/aromatic N) is 4. The molecular formula is C16H17N5O3. The Morgan fingerprint density at radius 2 is 2.25 bits per heavy atom. The zero-order valence-electron chi connectivity index (χ0n) is 13.2. The third-order valence-corrected chi connectivity index (χ3v) is 4.00. The molecule has 0 radical (unpaired) electrons. The van der Waals surface area contributed by atoms with Crippen molar-refractivity contribution in [3.8, 4) is 0 Å². The predicted molar refractivity (Wildman–Crippen MR) is 87.6 cm³/mol. The number of nitrogens with one attached hydrogen (secondary N) is 1. The number of aromatic nitrogens is 2. The maximum Gasteiger partial charge on any atom is 0.322 e. The smallest absolute Gasteiger partial charge is 0.316 e. The second kappa shape index (κ2) is 6.61. The molecule has 1 fully saturated rings. The lowest BCUT2D eigenvalue weighted by Crippen LogP contribution is -2.35. The van der Waals surface area contributed by atoms with Crippen LogP contribution >= 0.6 is 0 Å². The molecule has 3 heterocycles. The molecule has 2 amide bonds. The van der Waals surface area contributed by atoms with Crippen molar-refractivity contribution >= 4 is 17.4 Å². The molecule has 0 aromatic carbocycles. The second-order valence-electron chi connectivity index (χ2n) is 5.64. The van der Waals surface area contributed by atoms with E-state index < -0.39 is 4.92 Å². The van der Waals surface area contributed by atoms with Crippen molar-refractivity contribution in [3.05, 3.63) is 58.2 Å². The van der Waals surface area contributed by atoms with Gasteiger partial charge >= 0.3 is 11.7 Å². The van der Waals surface area contributed by atoms with E-state index in [4.69, 9.17) is 0 Å². The fraction of sp³-hybridized carbons (Fsp3) is 0.312. The molecule has 0 bridgehead atoms. The molecule has 24 heavy (non-hydrogen) atoms. The van der Waals surface area contributed by atoms with Crippen LogP contribution in [0.25, 0.3) is 0 Å². The number of urea groups is 1. The van der Waals surface area contributed by atoms with Crippen molar-refractivity contribution in [2.24, 2.45) is 0 Å². The van der Waals surface area contributed by atoms with Crippen LogP contribution in [0.1, 0.15) is 30.3 Å². The van der Waals surface area contributed by atoms with Gasteiger partial charge in [-0.15, -0.1) is 0 Å². The van der Waals surface area contributed by atoms with Crippen LogP contribution in [-0.2, 0) is 0 Å². The third-order valence-electron chi connectivity index (χ3n) is 4.00. The molecule has 2 aromatic heterocycles. The fourth-order valence-electron chi connectivity index (χ4n) is 2.89. The van der Waals surface area contributed by atoms with E-state index in [0.29, 0.717) is 6.54 Å². The van der Waals surface area contributed by atoms with Gasteiger partial charge in [0, 0.05) is 18.4 Å². The van der Waals surface area contributed by atoms with E-state index in [2.05, 4.69) is 15.3 Å². The van der Waals surface area contributed by atoms with E-state index in [-0.39, 0.29) is 23.4 Å². The molecule has 1 atom stereocenters. The predicted octanol–water partition coefficient (Wildman–Crippen LogP) is 3.06. The lowest BCUT2D eigenvalue weighted by Gasteiger charge is -2.24. The van der Waals surface area contributed by atoms with Crippen LogP contribution in [0.3, 0.4) is 0 Å². The summed E-state index contributed by atoms with van der Waals surface area (Å²) < 4.78 is 0. The number of nitro groups is 1. The molecule has 0 spiro atoms. The average Bonchev–Trinajstić information content (AvgIpc) is 3.05. The summed E-state index contributed by atoms with van der Waals surface area (Å²) in [5.74, 6) is 0. The van der Waals surface area contributed by atoms with Crippen LogP contribution in [0.4, 0.5) is 16.2 Å². The summed E-state index contributed by atoms with van der Waals surface area (Å²) in [7, 11) is 0. The number of likely N-dealkylation sites (tertiary alicyclic amines) is 1. The van der Waals surface area contributed by atoms with Crippen molar-refractivity contribution in [1.29, 1.82) is 0 Å².